The Labute approximate surface area is 166 Å². The molecule has 1 aromatic heterocycles. The molecule has 1 amide bonds. The van der Waals surface area contributed by atoms with Gasteiger partial charge in [0, 0.05) is 17.8 Å². The van der Waals surface area contributed by atoms with Gasteiger partial charge in [0.1, 0.15) is 5.75 Å². The maximum absolute atomic E-state index is 12.1. The van der Waals surface area contributed by atoms with Crippen molar-refractivity contribution in [2.75, 3.05) is 11.1 Å². The molecule has 8 heteroatoms. The maximum Gasteiger partial charge on any atom is 0.234 e. The van der Waals surface area contributed by atoms with Gasteiger partial charge in [-0.3, -0.25) is 4.79 Å². The first-order chi connectivity index (χ1) is 13.0. The molecule has 1 heterocycles. The first-order valence-electron chi connectivity index (χ1n) is 8.32. The lowest BCUT2D eigenvalue weighted by Gasteiger charge is -2.14. The van der Waals surface area contributed by atoms with Gasteiger partial charge in [0.2, 0.25) is 5.91 Å². The topological polar surface area (TPSA) is 69.0 Å². The SMILES string of the molecule is C[C@@H](Oc1ccccc1)c1nnc(SCC(=O)Nc2cccc(Cl)c2)n1C. The van der Waals surface area contributed by atoms with Crippen molar-refractivity contribution in [3.63, 3.8) is 0 Å². The Hall–Kier alpha value is -2.51. The fourth-order valence-electron chi connectivity index (χ4n) is 2.46. The molecule has 0 bridgehead atoms. The Bertz CT molecular complexity index is 917. The lowest BCUT2D eigenvalue weighted by molar-refractivity contribution is -0.113. The zero-order valence-corrected chi connectivity index (χ0v) is 16.5. The van der Waals surface area contributed by atoms with Crippen LogP contribution in [0.15, 0.2) is 59.8 Å². The van der Waals surface area contributed by atoms with Crippen molar-refractivity contribution in [3.05, 3.63) is 65.4 Å². The van der Waals surface area contributed by atoms with E-state index in [1.807, 2.05) is 48.9 Å². The number of halogens is 1. The molecule has 6 nitrogen and oxygen atoms in total. The molecule has 0 aliphatic carbocycles. The van der Waals surface area contributed by atoms with Crippen molar-refractivity contribution in [2.45, 2.75) is 18.2 Å². The smallest absolute Gasteiger partial charge is 0.234 e. The molecule has 0 fully saturated rings. The van der Waals surface area contributed by atoms with E-state index in [-0.39, 0.29) is 17.8 Å². The molecule has 0 spiro atoms. The van der Waals surface area contributed by atoms with Crippen molar-refractivity contribution < 1.29 is 9.53 Å². The minimum Gasteiger partial charge on any atom is -0.483 e. The number of hydrogen-bond acceptors (Lipinski definition) is 5. The van der Waals surface area contributed by atoms with Gasteiger partial charge in [-0.05, 0) is 37.3 Å². The predicted octanol–water partition coefficient (Wildman–Crippen LogP) is 4.34. The molecule has 3 rings (SSSR count). The van der Waals surface area contributed by atoms with Crippen LogP contribution in [0.3, 0.4) is 0 Å². The molecule has 0 radical (unpaired) electrons. The second-order valence-corrected chi connectivity index (χ2v) is 7.20. The maximum atomic E-state index is 12.1. The minimum atomic E-state index is -0.264. The van der Waals surface area contributed by atoms with E-state index in [1.54, 1.807) is 24.3 Å². The average molecular weight is 403 g/mol. The van der Waals surface area contributed by atoms with E-state index in [9.17, 15) is 4.79 Å². The number of anilines is 1. The highest BCUT2D eigenvalue weighted by molar-refractivity contribution is 7.99. The number of hydrogen-bond donors (Lipinski definition) is 1. The van der Waals surface area contributed by atoms with Gasteiger partial charge in [-0.1, -0.05) is 47.6 Å². The Morgan fingerprint density at radius 3 is 2.74 bits per heavy atom. The van der Waals surface area contributed by atoms with Gasteiger partial charge < -0.3 is 14.6 Å². The quantitative estimate of drug-likeness (QED) is 0.595. The fourth-order valence-corrected chi connectivity index (χ4v) is 3.36. The Kier molecular flexibility index (Phi) is 6.36. The van der Waals surface area contributed by atoms with Crippen LogP contribution < -0.4 is 10.1 Å². The summed E-state index contributed by atoms with van der Waals surface area (Å²) in [4.78, 5) is 12.1. The minimum absolute atomic E-state index is 0.139. The summed E-state index contributed by atoms with van der Waals surface area (Å²) in [5.74, 6) is 1.53. The molecule has 1 N–H and O–H groups in total. The molecule has 0 aliphatic heterocycles. The zero-order chi connectivity index (χ0) is 19.2. The summed E-state index contributed by atoms with van der Waals surface area (Å²) in [6.45, 7) is 1.91. The van der Waals surface area contributed by atoms with E-state index >= 15 is 0 Å². The number of carbonyl (C=O) groups is 1. The van der Waals surface area contributed by atoms with E-state index < -0.39 is 0 Å². The van der Waals surface area contributed by atoms with Crippen LogP contribution in [-0.4, -0.2) is 26.4 Å². The van der Waals surface area contributed by atoms with Crippen molar-refractivity contribution in [3.8, 4) is 5.75 Å². The molecule has 27 heavy (non-hydrogen) atoms. The first kappa shape index (κ1) is 19.3. The third-order valence-electron chi connectivity index (χ3n) is 3.73. The number of para-hydroxylation sites is 1. The number of aromatic nitrogens is 3. The summed E-state index contributed by atoms with van der Waals surface area (Å²) in [6, 6.07) is 16.6. The summed E-state index contributed by atoms with van der Waals surface area (Å²) in [7, 11) is 1.86. The first-order valence-corrected chi connectivity index (χ1v) is 9.68. The lowest BCUT2D eigenvalue weighted by Crippen LogP contribution is -2.14. The van der Waals surface area contributed by atoms with Crippen molar-refractivity contribution in [1.82, 2.24) is 14.8 Å². The van der Waals surface area contributed by atoms with E-state index in [1.165, 1.54) is 11.8 Å². The predicted molar refractivity (Wildman–Crippen MR) is 107 cm³/mol. The number of thioether (sulfide) groups is 1. The van der Waals surface area contributed by atoms with Gasteiger partial charge in [0.05, 0.1) is 5.75 Å². The number of nitrogens with one attached hydrogen (secondary N) is 1. The summed E-state index contributed by atoms with van der Waals surface area (Å²) in [5.41, 5.74) is 0.664. The number of carbonyl (C=O) groups excluding carboxylic acids is 1. The number of ether oxygens (including phenoxy) is 1. The molecule has 1 atom stereocenters. The highest BCUT2D eigenvalue weighted by Gasteiger charge is 2.18. The van der Waals surface area contributed by atoms with Gasteiger partial charge in [-0.15, -0.1) is 10.2 Å². The highest BCUT2D eigenvalue weighted by Crippen LogP contribution is 2.23. The van der Waals surface area contributed by atoms with Gasteiger partial charge in [0.15, 0.2) is 17.1 Å². The van der Waals surface area contributed by atoms with Gasteiger partial charge in [-0.25, -0.2) is 0 Å². The number of nitrogens with zero attached hydrogens (tertiary/aromatic N) is 3. The molecular formula is C19H19ClN4O2S. The largest absolute Gasteiger partial charge is 0.483 e. The number of benzene rings is 2. The molecular weight excluding hydrogens is 384 g/mol. The normalized spacial score (nSPS) is 11.8. The van der Waals surface area contributed by atoms with Crippen LogP contribution in [0, 0.1) is 0 Å². The van der Waals surface area contributed by atoms with Crippen molar-refractivity contribution in [1.29, 1.82) is 0 Å². The summed E-state index contributed by atoms with van der Waals surface area (Å²) < 4.78 is 7.72. The van der Waals surface area contributed by atoms with E-state index in [2.05, 4.69) is 15.5 Å². The van der Waals surface area contributed by atoms with Crippen LogP contribution in [0.4, 0.5) is 5.69 Å². The molecule has 0 saturated heterocycles. The Balaban J connectivity index is 1.57. The van der Waals surface area contributed by atoms with Gasteiger partial charge in [0.25, 0.3) is 0 Å². The second-order valence-electron chi connectivity index (χ2n) is 5.82. The highest BCUT2D eigenvalue weighted by atomic mass is 35.5. The Morgan fingerprint density at radius 2 is 2.00 bits per heavy atom. The van der Waals surface area contributed by atoms with Gasteiger partial charge >= 0.3 is 0 Å². The third kappa shape index (κ3) is 5.24. The summed E-state index contributed by atoms with van der Waals surface area (Å²) in [5, 5.41) is 12.4. The lowest BCUT2D eigenvalue weighted by atomic mass is 10.3. The second kappa shape index (κ2) is 8.92. The molecule has 2 aromatic carbocycles. The zero-order valence-electron chi connectivity index (χ0n) is 14.9. The molecule has 3 aromatic rings. The van der Waals surface area contributed by atoms with Crippen LogP contribution in [-0.2, 0) is 11.8 Å². The monoisotopic (exact) mass is 402 g/mol. The third-order valence-corrected chi connectivity index (χ3v) is 4.98. The fraction of sp³-hybridized carbons (Fsp3) is 0.211. The molecule has 0 saturated carbocycles. The number of rotatable bonds is 7. The van der Waals surface area contributed by atoms with E-state index in [0.717, 1.165) is 5.75 Å². The summed E-state index contributed by atoms with van der Waals surface area (Å²) >= 11 is 7.23. The van der Waals surface area contributed by atoms with Crippen LogP contribution in [0.1, 0.15) is 18.9 Å². The van der Waals surface area contributed by atoms with Crippen molar-refractivity contribution >= 4 is 35.0 Å². The molecule has 140 valence electrons. The molecule has 0 aliphatic rings. The number of amides is 1. The van der Waals surface area contributed by atoms with Gasteiger partial charge in [-0.2, -0.15) is 0 Å². The standard InChI is InChI=1S/C19H19ClN4O2S/c1-13(26-16-9-4-3-5-10-16)18-22-23-19(24(18)2)27-12-17(25)21-15-8-6-7-14(20)11-15/h3-11,13H,12H2,1-2H3,(H,21,25)/t13-/m1/s1. The summed E-state index contributed by atoms with van der Waals surface area (Å²) in [6.07, 6.45) is -0.264. The Morgan fingerprint density at radius 1 is 1.22 bits per heavy atom. The van der Waals surface area contributed by atoms with Crippen LogP contribution in [0.2, 0.25) is 5.02 Å². The van der Waals surface area contributed by atoms with E-state index in [0.29, 0.717) is 21.7 Å². The van der Waals surface area contributed by atoms with Crippen LogP contribution in [0.5, 0.6) is 5.75 Å². The van der Waals surface area contributed by atoms with Crippen LogP contribution in [0.25, 0.3) is 0 Å². The van der Waals surface area contributed by atoms with E-state index in [4.69, 9.17) is 16.3 Å². The average Bonchev–Trinajstić information content (AvgIpc) is 3.01. The van der Waals surface area contributed by atoms with Crippen molar-refractivity contribution in [2.24, 2.45) is 7.05 Å². The molecule has 0 unspecified atom stereocenters. The van der Waals surface area contributed by atoms with Crippen LogP contribution >= 0.6 is 23.4 Å².